The predicted octanol–water partition coefficient (Wildman–Crippen LogP) is 5.65. The predicted molar refractivity (Wildman–Crippen MR) is 104 cm³/mol. The van der Waals surface area contributed by atoms with E-state index in [1.165, 1.54) is 54.5 Å². The van der Waals surface area contributed by atoms with Crippen LogP contribution in [0.1, 0.15) is 24.8 Å². The fraction of sp³-hybridized carbons (Fsp3) is 0.350. The molecule has 0 spiro atoms. The van der Waals surface area contributed by atoms with Gasteiger partial charge in [-0.15, -0.1) is 0 Å². The van der Waals surface area contributed by atoms with Gasteiger partial charge in [-0.3, -0.25) is 0 Å². The van der Waals surface area contributed by atoms with Crippen molar-refractivity contribution in [3.05, 3.63) is 53.1 Å². The third-order valence-corrected chi connectivity index (χ3v) is 5.85. The summed E-state index contributed by atoms with van der Waals surface area (Å²) in [5.74, 6) is 0. The van der Waals surface area contributed by atoms with Crippen LogP contribution in [0.3, 0.4) is 0 Å². The van der Waals surface area contributed by atoms with Crippen LogP contribution in [-0.2, 0) is 6.42 Å². The third kappa shape index (κ3) is 3.49. The lowest BCUT2D eigenvalue weighted by molar-refractivity contribution is 0.178. The second-order valence-corrected chi connectivity index (χ2v) is 7.76. The summed E-state index contributed by atoms with van der Waals surface area (Å²) >= 11 is 7.58. The Bertz CT molecular complexity index is 821. The summed E-state index contributed by atoms with van der Waals surface area (Å²) in [6.07, 6.45) is 5.12. The Morgan fingerprint density at radius 1 is 1.04 bits per heavy atom. The number of nitrogens with zero attached hydrogens (tertiary/aromatic N) is 2. The Hall–Kier alpha value is -1.42. The molecule has 1 fully saturated rings. The molecule has 1 aliphatic rings. The molecule has 124 valence electrons. The van der Waals surface area contributed by atoms with E-state index in [4.69, 9.17) is 11.6 Å². The first kappa shape index (κ1) is 16.1. The topological polar surface area (TPSA) is 16.1 Å². The minimum atomic E-state index is 0.763. The summed E-state index contributed by atoms with van der Waals surface area (Å²) in [5, 5.41) is 2.01. The smallest absolute Gasteiger partial charge is 0.0919 e. The Morgan fingerprint density at radius 3 is 2.62 bits per heavy atom. The van der Waals surface area contributed by atoms with Crippen LogP contribution in [0.2, 0.25) is 5.02 Å². The second-order valence-electron chi connectivity index (χ2n) is 6.52. The summed E-state index contributed by atoms with van der Waals surface area (Å²) in [6, 6.07) is 14.7. The second kappa shape index (κ2) is 7.22. The normalized spacial score (nSPS) is 14.9. The van der Waals surface area contributed by atoms with Gasteiger partial charge in [-0.25, -0.2) is 0 Å². The highest BCUT2D eigenvalue weighted by atomic mass is 35.5. The van der Waals surface area contributed by atoms with Crippen molar-refractivity contribution in [1.29, 1.82) is 0 Å². The largest absolute Gasteiger partial charge is 0.303 e. The number of halogens is 1. The van der Waals surface area contributed by atoms with Crippen LogP contribution in [0.4, 0.5) is 0 Å². The lowest BCUT2D eigenvalue weighted by Gasteiger charge is -2.30. The number of rotatable bonds is 6. The standard InChI is InChI=1S/C20H21ClN2S/c21-17-8-6-16(7-9-17)20-18-10-5-15(14-19(18)24-22-20)4-1-2-11-23-12-3-13-23/h5-10,14H,1-4,11-13H2. The summed E-state index contributed by atoms with van der Waals surface area (Å²) in [4.78, 5) is 2.55. The van der Waals surface area contributed by atoms with Gasteiger partial charge >= 0.3 is 0 Å². The maximum atomic E-state index is 5.98. The number of aryl methyl sites for hydroxylation is 1. The molecule has 2 heterocycles. The summed E-state index contributed by atoms with van der Waals surface area (Å²) in [5.41, 5.74) is 3.63. The maximum Gasteiger partial charge on any atom is 0.0919 e. The molecule has 4 heteroatoms. The van der Waals surface area contributed by atoms with Crippen LogP contribution in [0.25, 0.3) is 21.3 Å². The first-order valence-corrected chi connectivity index (χ1v) is 9.81. The fourth-order valence-electron chi connectivity index (χ4n) is 3.22. The molecule has 0 saturated carbocycles. The molecule has 0 radical (unpaired) electrons. The number of fused-ring (bicyclic) bond motifs is 1. The summed E-state index contributed by atoms with van der Waals surface area (Å²) in [6.45, 7) is 3.88. The van der Waals surface area contributed by atoms with Crippen molar-refractivity contribution >= 4 is 33.2 Å². The Morgan fingerprint density at radius 2 is 1.88 bits per heavy atom. The number of unbranched alkanes of at least 4 members (excludes halogenated alkanes) is 1. The van der Waals surface area contributed by atoms with Crippen LogP contribution in [0.5, 0.6) is 0 Å². The van der Waals surface area contributed by atoms with Gasteiger partial charge in [0.2, 0.25) is 0 Å². The summed E-state index contributed by atoms with van der Waals surface area (Å²) in [7, 11) is 0. The van der Waals surface area contributed by atoms with Gasteiger partial charge in [0.05, 0.1) is 10.4 Å². The Balaban J connectivity index is 1.45. The van der Waals surface area contributed by atoms with Crippen molar-refractivity contribution in [3.63, 3.8) is 0 Å². The number of hydrogen-bond donors (Lipinski definition) is 0. The molecule has 0 unspecified atom stereocenters. The molecule has 2 nitrogen and oxygen atoms in total. The SMILES string of the molecule is Clc1ccc(-c2nsc3cc(CCCCN4CCC4)ccc23)cc1. The van der Waals surface area contributed by atoms with Gasteiger partial charge in [-0.1, -0.05) is 35.9 Å². The van der Waals surface area contributed by atoms with Crippen molar-refractivity contribution in [2.75, 3.05) is 19.6 Å². The number of hydrogen-bond acceptors (Lipinski definition) is 3. The zero-order valence-electron chi connectivity index (χ0n) is 13.7. The molecule has 0 amide bonds. The van der Waals surface area contributed by atoms with Crippen LogP contribution in [0, 0.1) is 0 Å². The van der Waals surface area contributed by atoms with E-state index in [0.29, 0.717) is 0 Å². The molecule has 0 bridgehead atoms. The molecule has 3 aromatic rings. The van der Waals surface area contributed by atoms with Gasteiger partial charge in [0.25, 0.3) is 0 Å². The van der Waals surface area contributed by atoms with Gasteiger partial charge in [-0.05, 0) is 80.6 Å². The summed E-state index contributed by atoms with van der Waals surface area (Å²) < 4.78 is 5.94. The average Bonchev–Trinajstić information content (AvgIpc) is 2.97. The van der Waals surface area contributed by atoms with Crippen molar-refractivity contribution in [2.45, 2.75) is 25.7 Å². The van der Waals surface area contributed by atoms with E-state index in [1.54, 1.807) is 11.5 Å². The van der Waals surface area contributed by atoms with E-state index in [0.717, 1.165) is 22.7 Å². The van der Waals surface area contributed by atoms with Crippen molar-refractivity contribution in [3.8, 4) is 11.3 Å². The minimum absolute atomic E-state index is 0.763. The highest BCUT2D eigenvalue weighted by Gasteiger charge is 2.12. The molecule has 0 aliphatic carbocycles. The third-order valence-electron chi connectivity index (χ3n) is 4.79. The quantitative estimate of drug-likeness (QED) is 0.531. The van der Waals surface area contributed by atoms with E-state index >= 15 is 0 Å². The Kier molecular flexibility index (Phi) is 4.83. The number of benzene rings is 2. The first-order chi connectivity index (χ1) is 11.8. The van der Waals surface area contributed by atoms with Gasteiger partial charge < -0.3 is 4.90 Å². The van der Waals surface area contributed by atoms with E-state index in [1.807, 2.05) is 24.3 Å². The van der Waals surface area contributed by atoms with Gasteiger partial charge in [0.15, 0.2) is 0 Å². The van der Waals surface area contributed by atoms with Gasteiger partial charge in [-0.2, -0.15) is 4.37 Å². The van der Waals surface area contributed by atoms with Crippen molar-refractivity contribution < 1.29 is 0 Å². The zero-order valence-corrected chi connectivity index (χ0v) is 15.2. The molecule has 24 heavy (non-hydrogen) atoms. The highest BCUT2D eigenvalue weighted by Crippen LogP contribution is 2.32. The monoisotopic (exact) mass is 356 g/mol. The van der Waals surface area contributed by atoms with Crippen molar-refractivity contribution in [1.82, 2.24) is 9.27 Å². The van der Waals surface area contributed by atoms with Crippen LogP contribution < -0.4 is 0 Å². The lowest BCUT2D eigenvalue weighted by Crippen LogP contribution is -2.37. The van der Waals surface area contributed by atoms with Crippen LogP contribution in [-0.4, -0.2) is 28.9 Å². The first-order valence-electron chi connectivity index (χ1n) is 8.66. The van der Waals surface area contributed by atoms with Gasteiger partial charge in [0.1, 0.15) is 0 Å². The number of aromatic nitrogens is 1. The van der Waals surface area contributed by atoms with Gasteiger partial charge in [0, 0.05) is 16.0 Å². The fourth-order valence-corrected chi connectivity index (χ4v) is 4.21. The van der Waals surface area contributed by atoms with E-state index in [-0.39, 0.29) is 0 Å². The Labute approximate surface area is 152 Å². The highest BCUT2D eigenvalue weighted by molar-refractivity contribution is 7.13. The van der Waals surface area contributed by atoms with E-state index in [2.05, 4.69) is 27.5 Å². The molecular formula is C20H21ClN2S. The molecule has 2 aromatic carbocycles. The minimum Gasteiger partial charge on any atom is -0.303 e. The van der Waals surface area contributed by atoms with Crippen LogP contribution in [0.15, 0.2) is 42.5 Å². The average molecular weight is 357 g/mol. The van der Waals surface area contributed by atoms with Crippen molar-refractivity contribution in [2.24, 2.45) is 0 Å². The molecular weight excluding hydrogens is 336 g/mol. The lowest BCUT2D eigenvalue weighted by atomic mass is 10.0. The molecule has 1 saturated heterocycles. The number of likely N-dealkylation sites (tertiary alicyclic amines) is 1. The van der Waals surface area contributed by atoms with E-state index in [9.17, 15) is 0 Å². The van der Waals surface area contributed by atoms with Crippen LogP contribution >= 0.6 is 23.1 Å². The molecule has 0 N–H and O–H groups in total. The molecule has 0 atom stereocenters. The maximum absolute atomic E-state index is 5.98. The van der Waals surface area contributed by atoms with E-state index < -0.39 is 0 Å². The zero-order chi connectivity index (χ0) is 16.4. The molecule has 1 aromatic heterocycles. The molecule has 1 aliphatic heterocycles. The molecule has 4 rings (SSSR count).